The molecule has 0 saturated carbocycles. The van der Waals surface area contributed by atoms with Crippen LogP contribution in [0.4, 0.5) is 5.69 Å². The number of carbonyl (C=O) groups is 1. The monoisotopic (exact) mass is 271 g/mol. The van der Waals surface area contributed by atoms with Gasteiger partial charge < -0.3 is 15.8 Å². The van der Waals surface area contributed by atoms with E-state index in [2.05, 4.69) is 10.3 Å². The van der Waals surface area contributed by atoms with Gasteiger partial charge in [0.1, 0.15) is 0 Å². The van der Waals surface area contributed by atoms with E-state index in [0.717, 1.165) is 5.56 Å². The molecule has 2 rings (SSSR count). The first-order valence-corrected chi connectivity index (χ1v) is 6.33. The molecule has 20 heavy (non-hydrogen) atoms. The molecule has 1 aromatic heterocycles. The number of anilines is 1. The number of ether oxygens (including phenoxy) is 1. The van der Waals surface area contributed by atoms with Gasteiger partial charge in [0.05, 0.1) is 5.69 Å². The summed E-state index contributed by atoms with van der Waals surface area (Å²) in [4.78, 5) is 15.4. The van der Waals surface area contributed by atoms with Crippen molar-refractivity contribution in [3.05, 3.63) is 48.2 Å². The van der Waals surface area contributed by atoms with Crippen LogP contribution in [0.5, 0.6) is 11.6 Å². The fraction of sp³-hybridized carbons (Fsp3) is 0.200. The number of benzene rings is 1. The van der Waals surface area contributed by atoms with Crippen molar-refractivity contribution in [3.8, 4) is 11.6 Å². The summed E-state index contributed by atoms with van der Waals surface area (Å²) in [5.74, 6) is 0.818. The van der Waals surface area contributed by atoms with E-state index < -0.39 is 0 Å². The molecule has 1 heterocycles. The van der Waals surface area contributed by atoms with Crippen molar-refractivity contribution in [1.29, 1.82) is 0 Å². The number of para-hydroxylation sites is 2. The quantitative estimate of drug-likeness (QED) is 0.896. The van der Waals surface area contributed by atoms with Crippen molar-refractivity contribution < 1.29 is 9.53 Å². The maximum absolute atomic E-state index is 11.2. The van der Waals surface area contributed by atoms with Gasteiger partial charge in [-0.15, -0.1) is 0 Å². The van der Waals surface area contributed by atoms with Crippen molar-refractivity contribution in [2.24, 2.45) is 5.73 Å². The van der Waals surface area contributed by atoms with Gasteiger partial charge in [-0.1, -0.05) is 18.2 Å². The average molecular weight is 271 g/mol. The Bertz CT molecular complexity index is 612. The van der Waals surface area contributed by atoms with Gasteiger partial charge in [-0.2, -0.15) is 0 Å². The number of nitrogens with one attached hydrogen (secondary N) is 1. The summed E-state index contributed by atoms with van der Waals surface area (Å²) in [6, 6.07) is 10.7. The third-order valence-electron chi connectivity index (χ3n) is 2.70. The third kappa shape index (κ3) is 3.33. The molecule has 1 amide bonds. The Morgan fingerprint density at radius 1 is 1.30 bits per heavy atom. The van der Waals surface area contributed by atoms with Crippen molar-refractivity contribution in [1.82, 2.24) is 4.98 Å². The first kappa shape index (κ1) is 14.0. The number of amides is 1. The maximum Gasteiger partial charge on any atom is 0.224 e. The predicted octanol–water partition coefficient (Wildman–Crippen LogP) is 2.85. The molecule has 2 aromatic rings. The van der Waals surface area contributed by atoms with Crippen LogP contribution in [-0.2, 0) is 4.79 Å². The maximum atomic E-state index is 11.2. The van der Waals surface area contributed by atoms with E-state index in [1.807, 2.05) is 31.2 Å². The predicted molar refractivity (Wildman–Crippen MR) is 77.7 cm³/mol. The molecule has 0 fully saturated rings. The summed E-state index contributed by atoms with van der Waals surface area (Å²) >= 11 is 0. The number of nitrogens with zero attached hydrogens (tertiary/aromatic N) is 1. The Kier molecular flexibility index (Phi) is 4.32. The molecule has 0 radical (unpaired) electrons. The minimum atomic E-state index is -0.188. The van der Waals surface area contributed by atoms with Crippen LogP contribution < -0.4 is 15.8 Å². The molecule has 0 aliphatic carbocycles. The summed E-state index contributed by atoms with van der Waals surface area (Å²) < 4.78 is 5.80. The van der Waals surface area contributed by atoms with Crippen LogP contribution in [0.15, 0.2) is 42.6 Å². The van der Waals surface area contributed by atoms with E-state index in [-0.39, 0.29) is 11.9 Å². The molecule has 1 atom stereocenters. The van der Waals surface area contributed by atoms with Crippen LogP contribution in [0, 0.1) is 0 Å². The van der Waals surface area contributed by atoms with Crippen molar-refractivity contribution >= 4 is 11.6 Å². The molecule has 0 unspecified atom stereocenters. The summed E-state index contributed by atoms with van der Waals surface area (Å²) in [6.07, 6.45) is 1.64. The van der Waals surface area contributed by atoms with Crippen LogP contribution in [0.1, 0.15) is 25.5 Å². The Morgan fingerprint density at radius 3 is 2.75 bits per heavy atom. The SMILES string of the molecule is CC(=O)Nc1ccccc1Oc1ncccc1[C@@H](C)N. The summed E-state index contributed by atoms with van der Waals surface area (Å²) in [5.41, 5.74) is 7.31. The molecule has 0 aliphatic heterocycles. The lowest BCUT2D eigenvalue weighted by Crippen LogP contribution is -2.09. The van der Waals surface area contributed by atoms with E-state index in [4.69, 9.17) is 10.5 Å². The van der Waals surface area contributed by atoms with E-state index in [1.165, 1.54) is 6.92 Å². The van der Waals surface area contributed by atoms with Crippen LogP contribution in [0.3, 0.4) is 0 Å². The van der Waals surface area contributed by atoms with Gasteiger partial charge in [-0.3, -0.25) is 4.79 Å². The first-order chi connectivity index (χ1) is 9.58. The van der Waals surface area contributed by atoms with E-state index >= 15 is 0 Å². The molecule has 0 saturated heterocycles. The molecule has 3 N–H and O–H groups in total. The second-order valence-corrected chi connectivity index (χ2v) is 4.47. The number of aromatic nitrogens is 1. The van der Waals surface area contributed by atoms with Crippen molar-refractivity contribution in [3.63, 3.8) is 0 Å². The van der Waals surface area contributed by atoms with Gasteiger partial charge in [0.15, 0.2) is 5.75 Å². The molecular formula is C15H17N3O2. The molecule has 5 nitrogen and oxygen atoms in total. The number of carbonyl (C=O) groups excluding carboxylic acids is 1. The highest BCUT2D eigenvalue weighted by Gasteiger charge is 2.12. The Balaban J connectivity index is 2.33. The minimum absolute atomic E-state index is 0.158. The number of nitrogens with two attached hydrogens (primary N) is 1. The smallest absolute Gasteiger partial charge is 0.224 e. The second-order valence-electron chi connectivity index (χ2n) is 4.47. The highest BCUT2D eigenvalue weighted by atomic mass is 16.5. The largest absolute Gasteiger partial charge is 0.436 e. The fourth-order valence-corrected chi connectivity index (χ4v) is 1.79. The zero-order valence-corrected chi connectivity index (χ0v) is 11.5. The van der Waals surface area contributed by atoms with Crippen molar-refractivity contribution in [2.75, 3.05) is 5.32 Å². The van der Waals surface area contributed by atoms with Gasteiger partial charge in [0.2, 0.25) is 11.8 Å². The second kappa shape index (κ2) is 6.16. The lowest BCUT2D eigenvalue weighted by molar-refractivity contribution is -0.114. The molecule has 0 bridgehead atoms. The van der Waals surface area contributed by atoms with E-state index in [0.29, 0.717) is 17.3 Å². The van der Waals surface area contributed by atoms with E-state index in [9.17, 15) is 4.79 Å². The standard InChI is InChI=1S/C15H17N3O2/c1-10(16)12-6-5-9-17-15(12)20-14-8-4-3-7-13(14)18-11(2)19/h3-10H,16H2,1-2H3,(H,18,19)/t10-/m1/s1. The Hall–Kier alpha value is -2.40. The lowest BCUT2D eigenvalue weighted by Gasteiger charge is -2.14. The Morgan fingerprint density at radius 2 is 2.05 bits per heavy atom. The van der Waals surface area contributed by atoms with Crippen LogP contribution >= 0.6 is 0 Å². The molecule has 0 aliphatic rings. The topological polar surface area (TPSA) is 77.2 Å². The number of hydrogen-bond donors (Lipinski definition) is 2. The number of rotatable bonds is 4. The molecule has 1 aromatic carbocycles. The van der Waals surface area contributed by atoms with Gasteiger partial charge in [0, 0.05) is 24.7 Å². The summed E-state index contributed by atoms with van der Waals surface area (Å²) in [5, 5.41) is 2.72. The molecular weight excluding hydrogens is 254 g/mol. The van der Waals surface area contributed by atoms with Crippen molar-refractivity contribution in [2.45, 2.75) is 19.9 Å². The van der Waals surface area contributed by atoms with Gasteiger partial charge in [-0.25, -0.2) is 4.98 Å². The molecule has 5 heteroatoms. The number of hydrogen-bond acceptors (Lipinski definition) is 4. The van der Waals surface area contributed by atoms with Gasteiger partial charge >= 0.3 is 0 Å². The van der Waals surface area contributed by atoms with Gasteiger partial charge in [0.25, 0.3) is 0 Å². The fourth-order valence-electron chi connectivity index (χ4n) is 1.79. The van der Waals surface area contributed by atoms with Crippen LogP contribution in [0.25, 0.3) is 0 Å². The minimum Gasteiger partial charge on any atom is -0.436 e. The normalized spacial score (nSPS) is 11.8. The zero-order valence-electron chi connectivity index (χ0n) is 11.5. The molecule has 0 spiro atoms. The van der Waals surface area contributed by atoms with Crippen LogP contribution in [-0.4, -0.2) is 10.9 Å². The van der Waals surface area contributed by atoms with E-state index in [1.54, 1.807) is 18.3 Å². The Labute approximate surface area is 117 Å². The van der Waals surface area contributed by atoms with Gasteiger partial charge in [-0.05, 0) is 25.1 Å². The highest BCUT2D eigenvalue weighted by molar-refractivity contribution is 5.90. The average Bonchev–Trinajstić information content (AvgIpc) is 2.41. The molecule has 104 valence electrons. The first-order valence-electron chi connectivity index (χ1n) is 6.33. The highest BCUT2D eigenvalue weighted by Crippen LogP contribution is 2.31. The third-order valence-corrected chi connectivity index (χ3v) is 2.70. The zero-order chi connectivity index (χ0) is 14.5. The van der Waals surface area contributed by atoms with Crippen LogP contribution in [0.2, 0.25) is 0 Å². The summed E-state index contributed by atoms with van der Waals surface area (Å²) in [7, 11) is 0. The number of pyridine rings is 1. The summed E-state index contributed by atoms with van der Waals surface area (Å²) in [6.45, 7) is 3.31. The lowest BCUT2D eigenvalue weighted by atomic mass is 10.1.